The van der Waals surface area contributed by atoms with Crippen molar-refractivity contribution in [1.82, 2.24) is 20.2 Å². The number of hydrogen-bond acceptors (Lipinski definition) is 5. The summed E-state index contributed by atoms with van der Waals surface area (Å²) in [5.74, 6) is 0.600. The SMILES string of the molecule is CC(C)c1nc(CNC2CCN(C(=O)c3ccncc3)CC2)cs1.Cl. The molecule has 2 aromatic heterocycles. The average molecular weight is 381 g/mol. The van der Waals surface area contributed by atoms with Gasteiger partial charge in [-0.05, 0) is 25.0 Å². The summed E-state index contributed by atoms with van der Waals surface area (Å²) in [5, 5.41) is 6.93. The van der Waals surface area contributed by atoms with Crippen LogP contribution in [0, 0.1) is 0 Å². The van der Waals surface area contributed by atoms with Crippen LogP contribution in [-0.2, 0) is 6.54 Å². The van der Waals surface area contributed by atoms with Crippen LogP contribution in [0.4, 0.5) is 0 Å². The number of carbonyl (C=O) groups is 1. The van der Waals surface area contributed by atoms with E-state index in [1.165, 1.54) is 5.01 Å². The molecule has 2 aromatic rings. The maximum atomic E-state index is 12.4. The molecule has 25 heavy (non-hydrogen) atoms. The molecule has 0 spiro atoms. The van der Waals surface area contributed by atoms with Gasteiger partial charge in [-0.1, -0.05) is 13.8 Å². The minimum atomic E-state index is 0. The van der Waals surface area contributed by atoms with Crippen molar-refractivity contribution >= 4 is 29.7 Å². The fraction of sp³-hybridized carbons (Fsp3) is 0.500. The van der Waals surface area contributed by atoms with Gasteiger partial charge in [-0.2, -0.15) is 0 Å². The van der Waals surface area contributed by atoms with Gasteiger partial charge in [-0.15, -0.1) is 23.7 Å². The Bertz CT molecular complexity index is 669. The summed E-state index contributed by atoms with van der Waals surface area (Å²) < 4.78 is 0. The quantitative estimate of drug-likeness (QED) is 0.862. The summed E-state index contributed by atoms with van der Waals surface area (Å²) in [6.07, 6.45) is 5.30. The van der Waals surface area contributed by atoms with Crippen LogP contribution in [0.25, 0.3) is 0 Å². The number of nitrogens with one attached hydrogen (secondary N) is 1. The number of hydrogen-bond donors (Lipinski definition) is 1. The molecule has 0 radical (unpaired) electrons. The molecular formula is C18H25ClN4OS. The van der Waals surface area contributed by atoms with Crippen LogP contribution >= 0.6 is 23.7 Å². The summed E-state index contributed by atoms with van der Waals surface area (Å²) >= 11 is 1.74. The molecule has 3 heterocycles. The summed E-state index contributed by atoms with van der Waals surface area (Å²) in [5.41, 5.74) is 1.85. The summed E-state index contributed by atoms with van der Waals surface area (Å²) in [6, 6.07) is 4.01. The molecule has 0 unspecified atom stereocenters. The predicted molar refractivity (Wildman–Crippen MR) is 103 cm³/mol. The monoisotopic (exact) mass is 380 g/mol. The fourth-order valence-corrected chi connectivity index (χ4v) is 3.72. The lowest BCUT2D eigenvalue weighted by Crippen LogP contribution is -2.44. The number of piperidine rings is 1. The Hall–Kier alpha value is -1.50. The van der Waals surface area contributed by atoms with Crippen LogP contribution < -0.4 is 5.32 Å². The van der Waals surface area contributed by atoms with Crippen LogP contribution in [0.3, 0.4) is 0 Å². The molecule has 1 fully saturated rings. The molecule has 1 N–H and O–H groups in total. The molecule has 5 nitrogen and oxygen atoms in total. The molecule has 0 bridgehead atoms. The third-order valence-electron chi connectivity index (χ3n) is 4.34. The van der Waals surface area contributed by atoms with Crippen molar-refractivity contribution in [2.45, 2.75) is 45.2 Å². The molecule has 3 rings (SSSR count). The maximum absolute atomic E-state index is 12.4. The first kappa shape index (κ1) is 19.8. The van der Waals surface area contributed by atoms with Crippen LogP contribution in [0.1, 0.15) is 53.7 Å². The molecular weight excluding hydrogens is 356 g/mol. The van der Waals surface area contributed by atoms with Crippen molar-refractivity contribution in [3.63, 3.8) is 0 Å². The molecule has 0 saturated carbocycles. The largest absolute Gasteiger partial charge is 0.339 e. The molecule has 0 aliphatic carbocycles. The van der Waals surface area contributed by atoms with Crippen molar-refractivity contribution in [2.75, 3.05) is 13.1 Å². The van der Waals surface area contributed by atoms with E-state index in [9.17, 15) is 4.79 Å². The first-order chi connectivity index (χ1) is 11.6. The van der Waals surface area contributed by atoms with Gasteiger partial charge < -0.3 is 10.2 Å². The minimum Gasteiger partial charge on any atom is -0.339 e. The number of aromatic nitrogens is 2. The van der Waals surface area contributed by atoms with Gasteiger partial charge in [0.1, 0.15) is 0 Å². The molecule has 7 heteroatoms. The second-order valence-electron chi connectivity index (χ2n) is 6.52. The number of likely N-dealkylation sites (tertiary alicyclic amines) is 1. The summed E-state index contributed by atoms with van der Waals surface area (Å²) in [7, 11) is 0. The van der Waals surface area contributed by atoms with E-state index in [1.54, 1.807) is 35.9 Å². The van der Waals surface area contributed by atoms with Gasteiger partial charge in [0.25, 0.3) is 5.91 Å². The van der Waals surface area contributed by atoms with Crippen LogP contribution in [-0.4, -0.2) is 39.9 Å². The second kappa shape index (κ2) is 9.27. The van der Waals surface area contributed by atoms with E-state index in [-0.39, 0.29) is 18.3 Å². The molecule has 1 aliphatic rings. The van der Waals surface area contributed by atoms with Crippen molar-refractivity contribution < 1.29 is 4.79 Å². The number of nitrogens with zero attached hydrogens (tertiary/aromatic N) is 3. The highest BCUT2D eigenvalue weighted by molar-refractivity contribution is 7.09. The van der Waals surface area contributed by atoms with Gasteiger partial charge in [0.05, 0.1) is 10.7 Å². The smallest absolute Gasteiger partial charge is 0.253 e. The highest BCUT2D eigenvalue weighted by atomic mass is 35.5. The van der Waals surface area contributed by atoms with E-state index in [4.69, 9.17) is 0 Å². The number of halogens is 1. The van der Waals surface area contributed by atoms with Crippen molar-refractivity contribution in [1.29, 1.82) is 0 Å². The van der Waals surface area contributed by atoms with Gasteiger partial charge in [-0.25, -0.2) is 4.98 Å². The Kier molecular flexibility index (Phi) is 7.35. The Balaban J connectivity index is 0.00000225. The zero-order valence-electron chi connectivity index (χ0n) is 14.6. The third kappa shape index (κ3) is 5.23. The van der Waals surface area contributed by atoms with Crippen molar-refractivity contribution in [2.24, 2.45) is 0 Å². The minimum absolute atomic E-state index is 0. The highest BCUT2D eigenvalue weighted by Gasteiger charge is 2.23. The maximum Gasteiger partial charge on any atom is 0.253 e. The van der Waals surface area contributed by atoms with Gasteiger partial charge >= 0.3 is 0 Å². The predicted octanol–water partition coefficient (Wildman–Crippen LogP) is 3.48. The molecule has 0 aromatic carbocycles. The standard InChI is InChI=1S/C18H24N4OS.ClH/c1-13(2)17-21-16(12-24-17)11-20-15-5-9-22(10-6-15)18(23)14-3-7-19-8-4-14;/h3-4,7-8,12-13,15,20H,5-6,9-11H2,1-2H3;1H. The number of rotatable bonds is 5. The lowest BCUT2D eigenvalue weighted by Gasteiger charge is -2.32. The van der Waals surface area contributed by atoms with Gasteiger partial charge in [-0.3, -0.25) is 9.78 Å². The van der Waals surface area contributed by atoms with E-state index < -0.39 is 0 Å². The zero-order valence-corrected chi connectivity index (χ0v) is 16.3. The molecule has 136 valence electrons. The lowest BCUT2D eigenvalue weighted by molar-refractivity contribution is 0.0704. The number of thiazole rings is 1. The van der Waals surface area contributed by atoms with Gasteiger partial charge in [0.2, 0.25) is 0 Å². The zero-order chi connectivity index (χ0) is 16.9. The highest BCUT2D eigenvalue weighted by Crippen LogP contribution is 2.20. The number of amides is 1. The number of carbonyl (C=O) groups excluding carboxylic acids is 1. The van der Waals surface area contributed by atoms with Crippen LogP contribution in [0.5, 0.6) is 0 Å². The Morgan fingerprint density at radius 3 is 2.60 bits per heavy atom. The van der Waals surface area contributed by atoms with Crippen molar-refractivity contribution in [3.8, 4) is 0 Å². The fourth-order valence-electron chi connectivity index (χ4n) is 2.88. The van der Waals surface area contributed by atoms with E-state index in [0.29, 0.717) is 12.0 Å². The molecule has 1 saturated heterocycles. The van der Waals surface area contributed by atoms with Gasteiger partial charge in [0, 0.05) is 54.9 Å². The normalized spacial score (nSPS) is 15.2. The second-order valence-corrected chi connectivity index (χ2v) is 7.40. The Labute approximate surface area is 159 Å². The van der Waals surface area contributed by atoms with E-state index >= 15 is 0 Å². The number of pyridine rings is 1. The van der Waals surface area contributed by atoms with Crippen molar-refractivity contribution in [3.05, 3.63) is 46.2 Å². The first-order valence-electron chi connectivity index (χ1n) is 8.50. The summed E-state index contributed by atoms with van der Waals surface area (Å²) in [4.78, 5) is 23.0. The van der Waals surface area contributed by atoms with E-state index in [1.807, 2.05) is 4.90 Å². The van der Waals surface area contributed by atoms with Crippen LogP contribution in [0.2, 0.25) is 0 Å². The topological polar surface area (TPSA) is 58.1 Å². The average Bonchev–Trinajstić information content (AvgIpc) is 3.10. The van der Waals surface area contributed by atoms with Crippen LogP contribution in [0.15, 0.2) is 29.9 Å². The molecule has 0 atom stereocenters. The lowest BCUT2D eigenvalue weighted by atomic mass is 10.0. The van der Waals surface area contributed by atoms with E-state index in [0.717, 1.165) is 43.7 Å². The van der Waals surface area contributed by atoms with Gasteiger partial charge in [0.15, 0.2) is 0 Å². The van der Waals surface area contributed by atoms with E-state index in [2.05, 4.69) is 34.5 Å². The summed E-state index contributed by atoms with van der Waals surface area (Å²) in [6.45, 7) is 6.75. The third-order valence-corrected chi connectivity index (χ3v) is 5.54. The first-order valence-corrected chi connectivity index (χ1v) is 9.38. The Morgan fingerprint density at radius 1 is 1.32 bits per heavy atom. The Morgan fingerprint density at radius 2 is 2.00 bits per heavy atom. The molecule has 1 amide bonds. The molecule has 1 aliphatic heterocycles.